The Morgan fingerprint density at radius 3 is 3.45 bits per heavy atom. The van der Waals surface area contributed by atoms with Gasteiger partial charge in [0.15, 0.2) is 0 Å². The van der Waals surface area contributed by atoms with E-state index in [1.807, 2.05) is 0 Å². The van der Waals surface area contributed by atoms with E-state index in [-0.39, 0.29) is 6.04 Å². The van der Waals surface area contributed by atoms with Gasteiger partial charge in [-0.3, -0.25) is 0 Å². The molecule has 60 valence electrons. The zero-order chi connectivity index (χ0) is 7.84. The van der Waals surface area contributed by atoms with Gasteiger partial charge >= 0.3 is 0 Å². The van der Waals surface area contributed by atoms with E-state index in [1.165, 1.54) is 0 Å². The van der Waals surface area contributed by atoms with E-state index in [1.54, 1.807) is 10.9 Å². The SMILES string of the molecule is NCC1COc2c(Cl)cnn21. The van der Waals surface area contributed by atoms with Gasteiger partial charge in [0.05, 0.1) is 6.20 Å². The molecule has 11 heavy (non-hydrogen) atoms. The summed E-state index contributed by atoms with van der Waals surface area (Å²) in [6.45, 7) is 1.12. The fraction of sp³-hybridized carbons (Fsp3) is 0.500. The molecule has 0 aliphatic carbocycles. The van der Waals surface area contributed by atoms with Crippen LogP contribution in [-0.4, -0.2) is 22.9 Å². The lowest BCUT2D eigenvalue weighted by Crippen LogP contribution is -2.19. The zero-order valence-electron chi connectivity index (χ0n) is 5.83. The van der Waals surface area contributed by atoms with Gasteiger partial charge in [0, 0.05) is 6.54 Å². The van der Waals surface area contributed by atoms with Crippen LogP contribution >= 0.6 is 11.6 Å². The molecule has 0 radical (unpaired) electrons. The van der Waals surface area contributed by atoms with Crippen LogP contribution in [0.5, 0.6) is 5.88 Å². The largest absolute Gasteiger partial charge is 0.474 e. The Morgan fingerprint density at radius 1 is 1.91 bits per heavy atom. The average molecular weight is 174 g/mol. The first-order valence-electron chi connectivity index (χ1n) is 3.39. The van der Waals surface area contributed by atoms with E-state index in [2.05, 4.69) is 5.10 Å². The third-order valence-electron chi connectivity index (χ3n) is 1.74. The van der Waals surface area contributed by atoms with Crippen molar-refractivity contribution in [2.24, 2.45) is 5.73 Å². The molecule has 1 aromatic rings. The van der Waals surface area contributed by atoms with Crippen molar-refractivity contribution in [3.63, 3.8) is 0 Å². The van der Waals surface area contributed by atoms with Crippen molar-refractivity contribution in [3.8, 4) is 5.88 Å². The monoisotopic (exact) mass is 173 g/mol. The minimum atomic E-state index is 0.150. The highest BCUT2D eigenvalue weighted by Crippen LogP contribution is 2.31. The van der Waals surface area contributed by atoms with Crippen LogP contribution in [-0.2, 0) is 0 Å². The fourth-order valence-electron chi connectivity index (χ4n) is 1.14. The van der Waals surface area contributed by atoms with Crippen molar-refractivity contribution in [2.45, 2.75) is 6.04 Å². The van der Waals surface area contributed by atoms with Crippen LogP contribution in [0.4, 0.5) is 0 Å². The minimum absolute atomic E-state index is 0.150. The molecule has 0 saturated heterocycles. The average Bonchev–Trinajstić information content (AvgIpc) is 2.53. The smallest absolute Gasteiger partial charge is 0.231 e. The van der Waals surface area contributed by atoms with Gasteiger partial charge in [0.2, 0.25) is 5.88 Å². The molecule has 2 N–H and O–H groups in total. The molecule has 1 aliphatic rings. The first-order valence-corrected chi connectivity index (χ1v) is 3.76. The van der Waals surface area contributed by atoms with Crippen molar-refractivity contribution in [1.29, 1.82) is 0 Å². The zero-order valence-corrected chi connectivity index (χ0v) is 6.58. The van der Waals surface area contributed by atoms with Crippen molar-refractivity contribution >= 4 is 11.6 Å². The normalized spacial score (nSPS) is 21.5. The van der Waals surface area contributed by atoms with E-state index < -0.39 is 0 Å². The topological polar surface area (TPSA) is 53.1 Å². The quantitative estimate of drug-likeness (QED) is 0.670. The van der Waals surface area contributed by atoms with Crippen LogP contribution in [0, 0.1) is 0 Å². The molecule has 1 aromatic heterocycles. The third kappa shape index (κ3) is 0.902. The molecule has 0 fully saturated rings. The number of rotatable bonds is 1. The molecule has 2 rings (SSSR count). The predicted octanol–water partition coefficient (Wildman–Crippen LogP) is 0.429. The number of fused-ring (bicyclic) bond motifs is 1. The molecule has 0 bridgehead atoms. The fourth-order valence-corrected chi connectivity index (χ4v) is 1.32. The number of nitrogens with two attached hydrogens (primary N) is 1. The second-order valence-corrected chi connectivity index (χ2v) is 2.85. The Balaban J connectivity index is 2.40. The van der Waals surface area contributed by atoms with E-state index in [0.29, 0.717) is 24.1 Å². The van der Waals surface area contributed by atoms with Crippen LogP contribution < -0.4 is 10.5 Å². The molecule has 1 unspecified atom stereocenters. The Hall–Kier alpha value is -0.740. The first-order chi connectivity index (χ1) is 5.33. The van der Waals surface area contributed by atoms with Gasteiger partial charge in [-0.1, -0.05) is 11.6 Å². The Labute approximate surface area is 68.9 Å². The number of hydrogen-bond donors (Lipinski definition) is 1. The van der Waals surface area contributed by atoms with Crippen molar-refractivity contribution < 1.29 is 4.74 Å². The van der Waals surface area contributed by atoms with Gasteiger partial charge in [-0.2, -0.15) is 5.10 Å². The van der Waals surface area contributed by atoms with Gasteiger partial charge in [0.1, 0.15) is 17.7 Å². The summed E-state index contributed by atoms with van der Waals surface area (Å²) in [4.78, 5) is 0. The minimum Gasteiger partial charge on any atom is -0.474 e. The highest BCUT2D eigenvalue weighted by Gasteiger charge is 2.25. The Kier molecular flexibility index (Phi) is 1.51. The van der Waals surface area contributed by atoms with Crippen LogP contribution in [0.3, 0.4) is 0 Å². The Bertz CT molecular complexity index is 273. The molecule has 0 aromatic carbocycles. The summed E-state index contributed by atoms with van der Waals surface area (Å²) < 4.78 is 6.99. The summed E-state index contributed by atoms with van der Waals surface area (Å²) in [5.41, 5.74) is 5.47. The molecule has 5 heteroatoms. The molecule has 0 spiro atoms. The van der Waals surface area contributed by atoms with Gasteiger partial charge in [-0.05, 0) is 0 Å². The van der Waals surface area contributed by atoms with E-state index in [9.17, 15) is 0 Å². The molecule has 0 amide bonds. The number of ether oxygens (including phenoxy) is 1. The van der Waals surface area contributed by atoms with Gasteiger partial charge in [-0.15, -0.1) is 0 Å². The lowest BCUT2D eigenvalue weighted by molar-refractivity contribution is 0.327. The summed E-state index contributed by atoms with van der Waals surface area (Å²) in [5, 5.41) is 4.58. The maximum absolute atomic E-state index is 5.76. The number of aromatic nitrogens is 2. The van der Waals surface area contributed by atoms with E-state index in [4.69, 9.17) is 22.1 Å². The maximum Gasteiger partial charge on any atom is 0.231 e. The second kappa shape index (κ2) is 2.39. The highest BCUT2D eigenvalue weighted by atomic mass is 35.5. The van der Waals surface area contributed by atoms with E-state index >= 15 is 0 Å². The molecular weight excluding hydrogens is 166 g/mol. The maximum atomic E-state index is 5.76. The van der Waals surface area contributed by atoms with Gasteiger partial charge in [0.25, 0.3) is 0 Å². The molecule has 2 heterocycles. The number of hydrogen-bond acceptors (Lipinski definition) is 3. The molecule has 0 saturated carbocycles. The van der Waals surface area contributed by atoms with E-state index in [0.717, 1.165) is 0 Å². The van der Waals surface area contributed by atoms with Crippen LogP contribution in [0.2, 0.25) is 5.02 Å². The van der Waals surface area contributed by atoms with Crippen molar-refractivity contribution in [1.82, 2.24) is 9.78 Å². The van der Waals surface area contributed by atoms with Gasteiger partial charge in [-0.25, -0.2) is 4.68 Å². The molecule has 1 aliphatic heterocycles. The van der Waals surface area contributed by atoms with Crippen molar-refractivity contribution in [3.05, 3.63) is 11.2 Å². The summed E-state index contributed by atoms with van der Waals surface area (Å²) in [7, 11) is 0. The van der Waals surface area contributed by atoms with Crippen molar-refractivity contribution in [2.75, 3.05) is 13.2 Å². The molecule has 4 nitrogen and oxygen atoms in total. The molecule has 1 atom stereocenters. The summed E-state index contributed by atoms with van der Waals surface area (Å²) in [6, 6.07) is 0.150. The third-order valence-corrected chi connectivity index (χ3v) is 2.00. The predicted molar refractivity (Wildman–Crippen MR) is 40.8 cm³/mol. The number of halogens is 1. The summed E-state index contributed by atoms with van der Waals surface area (Å²) >= 11 is 5.76. The van der Waals surface area contributed by atoms with Crippen LogP contribution in [0.15, 0.2) is 6.20 Å². The second-order valence-electron chi connectivity index (χ2n) is 2.44. The lowest BCUT2D eigenvalue weighted by atomic mass is 10.3. The Morgan fingerprint density at radius 2 is 2.73 bits per heavy atom. The lowest BCUT2D eigenvalue weighted by Gasteiger charge is -2.02. The first kappa shape index (κ1) is 6.94. The molecular formula is C6H8ClN3O. The van der Waals surface area contributed by atoms with Crippen LogP contribution in [0.1, 0.15) is 6.04 Å². The number of nitrogens with zero attached hydrogens (tertiary/aromatic N) is 2. The van der Waals surface area contributed by atoms with Crippen LogP contribution in [0.25, 0.3) is 0 Å². The summed E-state index contributed by atoms with van der Waals surface area (Å²) in [5.74, 6) is 0.641. The van der Waals surface area contributed by atoms with Gasteiger partial charge < -0.3 is 10.5 Å². The summed E-state index contributed by atoms with van der Waals surface area (Å²) in [6.07, 6.45) is 1.57. The highest BCUT2D eigenvalue weighted by molar-refractivity contribution is 6.31. The standard InChI is InChI=1S/C6H8ClN3O/c7-5-2-9-10-4(1-8)3-11-6(5)10/h2,4H,1,3,8H2.